The molecule has 82 valence electrons. The van der Waals surface area contributed by atoms with Crippen LogP contribution in [0.2, 0.25) is 0 Å². The van der Waals surface area contributed by atoms with E-state index in [0.717, 1.165) is 0 Å². The number of benzene rings is 1. The van der Waals surface area contributed by atoms with Crippen molar-refractivity contribution in [3.63, 3.8) is 0 Å². The molecule has 0 fully saturated rings. The lowest BCUT2D eigenvalue weighted by atomic mass is 10.1. The van der Waals surface area contributed by atoms with Crippen LogP contribution in [0.1, 0.15) is 16.1 Å². The van der Waals surface area contributed by atoms with Crippen molar-refractivity contribution in [3.05, 3.63) is 59.3 Å². The van der Waals surface area contributed by atoms with E-state index in [9.17, 15) is 18.0 Å². The van der Waals surface area contributed by atoms with E-state index in [4.69, 9.17) is 4.42 Å². The maximum Gasteiger partial charge on any atom is 0.234 e. The highest BCUT2D eigenvalue weighted by Gasteiger charge is 2.22. The summed E-state index contributed by atoms with van der Waals surface area (Å²) in [6.07, 6.45) is 1.20. The van der Waals surface area contributed by atoms with Crippen LogP contribution in [0.25, 0.3) is 0 Å². The summed E-state index contributed by atoms with van der Waals surface area (Å²) in [7, 11) is 0. The Morgan fingerprint density at radius 3 is 2.25 bits per heavy atom. The predicted molar refractivity (Wildman–Crippen MR) is 48.5 cm³/mol. The Kier molecular flexibility index (Phi) is 2.52. The minimum absolute atomic E-state index is 0.204. The molecule has 1 heterocycles. The third kappa shape index (κ3) is 1.71. The molecule has 5 heteroatoms. The van der Waals surface area contributed by atoms with Gasteiger partial charge in [-0.15, -0.1) is 0 Å². The van der Waals surface area contributed by atoms with Gasteiger partial charge in [0.15, 0.2) is 5.76 Å². The summed E-state index contributed by atoms with van der Waals surface area (Å²) in [5.41, 5.74) is -0.823. The van der Waals surface area contributed by atoms with Crippen LogP contribution in [0.5, 0.6) is 0 Å². The molecule has 0 aliphatic heterocycles. The highest BCUT2D eigenvalue weighted by molar-refractivity contribution is 6.07. The van der Waals surface area contributed by atoms with E-state index in [1.54, 1.807) is 0 Å². The van der Waals surface area contributed by atoms with E-state index < -0.39 is 28.8 Å². The highest BCUT2D eigenvalue weighted by atomic mass is 19.1. The van der Waals surface area contributed by atoms with Crippen molar-refractivity contribution in [1.82, 2.24) is 0 Å². The summed E-state index contributed by atoms with van der Waals surface area (Å²) in [5.74, 6) is -4.74. The number of rotatable bonds is 2. The summed E-state index contributed by atoms with van der Waals surface area (Å²) in [6, 6.07) is 3.57. The zero-order valence-electron chi connectivity index (χ0n) is 7.84. The molecule has 1 aromatic carbocycles. The lowest BCUT2D eigenvalue weighted by Gasteiger charge is -2.01. The Morgan fingerprint density at radius 2 is 1.75 bits per heavy atom. The van der Waals surface area contributed by atoms with Gasteiger partial charge in [-0.3, -0.25) is 4.79 Å². The third-order valence-corrected chi connectivity index (χ3v) is 1.98. The minimum atomic E-state index is -1.25. The summed E-state index contributed by atoms with van der Waals surface area (Å²) in [5, 5.41) is 0. The Morgan fingerprint density at radius 1 is 1.12 bits per heavy atom. The van der Waals surface area contributed by atoms with Gasteiger partial charge in [0.2, 0.25) is 5.78 Å². The van der Waals surface area contributed by atoms with Gasteiger partial charge in [-0.25, -0.2) is 13.2 Å². The summed E-state index contributed by atoms with van der Waals surface area (Å²) >= 11 is 0. The molecule has 2 nitrogen and oxygen atoms in total. The van der Waals surface area contributed by atoms with Crippen LogP contribution < -0.4 is 0 Å². The molecule has 2 rings (SSSR count). The average molecular weight is 226 g/mol. The first kappa shape index (κ1) is 10.5. The van der Waals surface area contributed by atoms with Gasteiger partial charge in [0, 0.05) is 12.1 Å². The summed E-state index contributed by atoms with van der Waals surface area (Å²) in [4.78, 5) is 11.6. The van der Waals surface area contributed by atoms with Crippen LogP contribution in [0.15, 0.2) is 34.9 Å². The minimum Gasteiger partial charge on any atom is -0.461 e. The van der Waals surface area contributed by atoms with Gasteiger partial charge in [0.25, 0.3) is 0 Å². The van der Waals surface area contributed by atoms with Crippen molar-refractivity contribution >= 4 is 5.78 Å². The fraction of sp³-hybridized carbons (Fsp3) is 0. The van der Waals surface area contributed by atoms with Gasteiger partial charge in [0.05, 0.1) is 11.8 Å². The number of ketones is 1. The van der Waals surface area contributed by atoms with Gasteiger partial charge in [-0.1, -0.05) is 0 Å². The zero-order valence-corrected chi connectivity index (χ0v) is 7.84. The topological polar surface area (TPSA) is 30.2 Å². The van der Waals surface area contributed by atoms with Crippen LogP contribution in [0, 0.1) is 17.5 Å². The molecule has 16 heavy (non-hydrogen) atoms. The maximum atomic E-state index is 13.2. The second-order valence-corrected chi connectivity index (χ2v) is 3.05. The summed E-state index contributed by atoms with van der Waals surface area (Å²) in [6.45, 7) is 0. The molecule has 1 aromatic heterocycles. The van der Waals surface area contributed by atoms with E-state index in [2.05, 4.69) is 0 Å². The lowest BCUT2D eigenvalue weighted by Crippen LogP contribution is -2.07. The molecule has 0 saturated heterocycles. The monoisotopic (exact) mass is 226 g/mol. The first-order valence-electron chi connectivity index (χ1n) is 4.32. The largest absolute Gasteiger partial charge is 0.461 e. The molecule has 0 unspecified atom stereocenters. The van der Waals surface area contributed by atoms with Gasteiger partial charge in [-0.2, -0.15) is 0 Å². The molecule has 0 atom stereocenters. The standard InChI is InChI=1S/C11H5F3O2/c12-6-4-7(13)10(8(14)5-6)11(15)9-2-1-3-16-9/h1-5H. The SMILES string of the molecule is O=C(c1ccco1)c1c(F)cc(F)cc1F. The smallest absolute Gasteiger partial charge is 0.234 e. The predicted octanol–water partition coefficient (Wildman–Crippen LogP) is 2.93. The van der Waals surface area contributed by atoms with Crippen LogP contribution in [-0.4, -0.2) is 5.78 Å². The molecule has 0 saturated carbocycles. The number of carbonyl (C=O) groups excluding carboxylic acids is 1. The lowest BCUT2D eigenvalue weighted by molar-refractivity contribution is 0.100. The molecule has 0 spiro atoms. The molecular formula is C11H5F3O2. The maximum absolute atomic E-state index is 13.2. The number of hydrogen-bond acceptors (Lipinski definition) is 2. The van der Waals surface area contributed by atoms with E-state index in [0.29, 0.717) is 12.1 Å². The number of carbonyl (C=O) groups is 1. The van der Waals surface area contributed by atoms with Crippen LogP contribution in [-0.2, 0) is 0 Å². The van der Waals surface area contributed by atoms with Crippen molar-refractivity contribution in [2.75, 3.05) is 0 Å². The molecule has 2 aromatic rings. The molecular weight excluding hydrogens is 221 g/mol. The van der Waals surface area contributed by atoms with E-state index >= 15 is 0 Å². The normalized spacial score (nSPS) is 10.4. The zero-order chi connectivity index (χ0) is 11.7. The fourth-order valence-electron chi connectivity index (χ4n) is 1.29. The number of halogens is 3. The molecule has 0 amide bonds. The molecule has 0 aliphatic carbocycles. The van der Waals surface area contributed by atoms with Gasteiger partial charge in [0.1, 0.15) is 17.5 Å². The Hall–Kier alpha value is -2.04. The Balaban J connectivity index is 2.53. The number of hydrogen-bond donors (Lipinski definition) is 0. The molecule has 0 N–H and O–H groups in total. The van der Waals surface area contributed by atoms with Crippen LogP contribution >= 0.6 is 0 Å². The molecule has 0 bridgehead atoms. The van der Waals surface area contributed by atoms with Gasteiger partial charge < -0.3 is 4.42 Å². The van der Waals surface area contributed by atoms with Gasteiger partial charge in [-0.05, 0) is 12.1 Å². The highest BCUT2D eigenvalue weighted by Crippen LogP contribution is 2.18. The average Bonchev–Trinajstić information content (AvgIpc) is 2.67. The molecule has 0 aliphatic rings. The number of furan rings is 1. The second kappa shape index (κ2) is 3.84. The second-order valence-electron chi connectivity index (χ2n) is 3.05. The van der Waals surface area contributed by atoms with Crippen molar-refractivity contribution in [2.45, 2.75) is 0 Å². The Bertz CT molecular complexity index is 509. The Labute approximate surface area is 88.3 Å². The summed E-state index contributed by atoms with van der Waals surface area (Å²) < 4.78 is 43.7. The van der Waals surface area contributed by atoms with Crippen molar-refractivity contribution in [1.29, 1.82) is 0 Å². The first-order chi connectivity index (χ1) is 7.59. The quantitative estimate of drug-likeness (QED) is 0.737. The van der Waals surface area contributed by atoms with Crippen molar-refractivity contribution < 1.29 is 22.4 Å². The van der Waals surface area contributed by atoms with Crippen LogP contribution in [0.4, 0.5) is 13.2 Å². The van der Waals surface area contributed by atoms with Crippen molar-refractivity contribution in [2.24, 2.45) is 0 Å². The van der Waals surface area contributed by atoms with E-state index in [1.165, 1.54) is 18.4 Å². The molecule has 0 radical (unpaired) electrons. The van der Waals surface area contributed by atoms with Gasteiger partial charge >= 0.3 is 0 Å². The fourth-order valence-corrected chi connectivity index (χ4v) is 1.29. The van der Waals surface area contributed by atoms with E-state index in [-0.39, 0.29) is 5.76 Å². The first-order valence-corrected chi connectivity index (χ1v) is 4.32. The van der Waals surface area contributed by atoms with E-state index in [1.807, 2.05) is 0 Å². The van der Waals surface area contributed by atoms with Crippen molar-refractivity contribution in [3.8, 4) is 0 Å². The third-order valence-electron chi connectivity index (χ3n) is 1.98. The van der Waals surface area contributed by atoms with Crippen LogP contribution in [0.3, 0.4) is 0 Å².